The van der Waals surface area contributed by atoms with E-state index in [1.165, 1.54) is 12.1 Å². The van der Waals surface area contributed by atoms with Crippen LogP contribution in [0.5, 0.6) is 0 Å². The number of sulfonamides is 1. The Hall–Kier alpha value is -2.19. The molecule has 2 rings (SSSR count). The lowest BCUT2D eigenvalue weighted by Crippen LogP contribution is -2.37. The van der Waals surface area contributed by atoms with E-state index in [0.717, 1.165) is 28.8 Å². The smallest absolute Gasteiger partial charge is 0.245 e. The molecule has 0 aromatic heterocycles. The Morgan fingerprint density at radius 3 is 2.42 bits per heavy atom. The van der Waals surface area contributed by atoms with E-state index in [2.05, 4.69) is 5.32 Å². The van der Waals surface area contributed by atoms with E-state index in [4.69, 9.17) is 11.6 Å². The van der Waals surface area contributed by atoms with E-state index in [9.17, 15) is 22.0 Å². The fourth-order valence-electron chi connectivity index (χ4n) is 1.94. The molecular formula is C15H13ClF2N2O3S. The molecule has 0 saturated heterocycles. The second kappa shape index (κ2) is 7.14. The van der Waals surface area contributed by atoms with Gasteiger partial charge in [0.15, 0.2) is 11.6 Å². The SMILES string of the molecule is CS(=O)(=O)N(CC(=O)Nc1ccc(F)c(F)c1)c1ccccc1Cl. The average molecular weight is 375 g/mol. The molecule has 2 aromatic rings. The summed E-state index contributed by atoms with van der Waals surface area (Å²) in [5.41, 5.74) is 0.147. The summed E-state index contributed by atoms with van der Waals surface area (Å²) in [5, 5.41) is 2.46. The van der Waals surface area contributed by atoms with Gasteiger partial charge in [-0.25, -0.2) is 17.2 Å². The summed E-state index contributed by atoms with van der Waals surface area (Å²) in [6, 6.07) is 8.95. The molecule has 0 unspecified atom stereocenters. The highest BCUT2D eigenvalue weighted by Gasteiger charge is 2.23. The van der Waals surface area contributed by atoms with Crippen LogP contribution in [-0.4, -0.2) is 27.1 Å². The minimum atomic E-state index is -3.79. The highest BCUT2D eigenvalue weighted by atomic mass is 35.5. The van der Waals surface area contributed by atoms with E-state index in [0.29, 0.717) is 0 Å². The minimum Gasteiger partial charge on any atom is -0.324 e. The van der Waals surface area contributed by atoms with Gasteiger partial charge in [0.2, 0.25) is 15.9 Å². The fraction of sp³-hybridized carbons (Fsp3) is 0.133. The van der Waals surface area contributed by atoms with Crippen LogP contribution in [0.4, 0.5) is 20.2 Å². The molecule has 9 heteroatoms. The van der Waals surface area contributed by atoms with Crippen molar-refractivity contribution < 1.29 is 22.0 Å². The van der Waals surface area contributed by atoms with Gasteiger partial charge >= 0.3 is 0 Å². The number of nitrogens with one attached hydrogen (secondary N) is 1. The first-order chi connectivity index (χ1) is 11.2. The van der Waals surface area contributed by atoms with Gasteiger partial charge in [0.05, 0.1) is 17.0 Å². The van der Waals surface area contributed by atoms with Gasteiger partial charge in [0.25, 0.3) is 0 Å². The molecule has 24 heavy (non-hydrogen) atoms. The molecule has 0 spiro atoms. The summed E-state index contributed by atoms with van der Waals surface area (Å²) in [6.45, 7) is -0.568. The van der Waals surface area contributed by atoms with Crippen molar-refractivity contribution in [1.82, 2.24) is 0 Å². The summed E-state index contributed by atoms with van der Waals surface area (Å²) in [4.78, 5) is 12.1. The van der Waals surface area contributed by atoms with Crippen molar-refractivity contribution in [3.05, 3.63) is 59.1 Å². The number of carbonyl (C=O) groups is 1. The molecule has 1 N–H and O–H groups in total. The molecule has 0 saturated carbocycles. The van der Waals surface area contributed by atoms with Gasteiger partial charge < -0.3 is 5.32 Å². The molecule has 128 valence electrons. The van der Waals surface area contributed by atoms with Crippen LogP contribution < -0.4 is 9.62 Å². The Labute approximate surface area is 142 Å². The van der Waals surface area contributed by atoms with Gasteiger partial charge in [-0.15, -0.1) is 0 Å². The van der Waals surface area contributed by atoms with E-state index in [1.807, 2.05) is 0 Å². The van der Waals surface area contributed by atoms with Crippen molar-refractivity contribution >= 4 is 38.9 Å². The standard InChI is InChI=1S/C15H13ClF2N2O3S/c1-24(22,23)20(14-5-3-2-4-11(14)16)9-15(21)19-10-6-7-12(17)13(18)8-10/h2-8H,9H2,1H3,(H,19,21). The highest BCUT2D eigenvalue weighted by molar-refractivity contribution is 7.92. The molecule has 0 radical (unpaired) electrons. The number of carbonyl (C=O) groups excluding carboxylic acids is 1. The van der Waals surface area contributed by atoms with Gasteiger partial charge in [-0.1, -0.05) is 23.7 Å². The van der Waals surface area contributed by atoms with E-state index >= 15 is 0 Å². The van der Waals surface area contributed by atoms with Crippen LogP contribution in [0.15, 0.2) is 42.5 Å². The summed E-state index contributed by atoms with van der Waals surface area (Å²) in [5.74, 6) is -2.91. The largest absolute Gasteiger partial charge is 0.324 e. The third-order valence-electron chi connectivity index (χ3n) is 3.01. The van der Waals surface area contributed by atoms with Crippen molar-refractivity contribution in [3.63, 3.8) is 0 Å². The monoisotopic (exact) mass is 374 g/mol. The molecule has 0 aliphatic rings. The van der Waals surface area contributed by atoms with Gasteiger partial charge in [-0.2, -0.15) is 0 Å². The van der Waals surface area contributed by atoms with Crippen LogP contribution in [0.25, 0.3) is 0 Å². The zero-order chi connectivity index (χ0) is 17.9. The average Bonchev–Trinajstić information content (AvgIpc) is 2.48. The Balaban J connectivity index is 2.22. The lowest BCUT2D eigenvalue weighted by molar-refractivity contribution is -0.114. The Kier molecular flexibility index (Phi) is 5.40. The summed E-state index contributed by atoms with van der Waals surface area (Å²) < 4.78 is 50.7. The van der Waals surface area contributed by atoms with Gasteiger partial charge in [0, 0.05) is 11.8 Å². The van der Waals surface area contributed by atoms with Gasteiger partial charge in [-0.05, 0) is 24.3 Å². The maximum Gasteiger partial charge on any atom is 0.245 e. The van der Waals surface area contributed by atoms with Crippen molar-refractivity contribution in [3.8, 4) is 0 Å². The van der Waals surface area contributed by atoms with Crippen LogP contribution in [-0.2, 0) is 14.8 Å². The van der Waals surface area contributed by atoms with Crippen LogP contribution in [0.3, 0.4) is 0 Å². The number of hydrogen-bond donors (Lipinski definition) is 1. The maximum atomic E-state index is 13.1. The third-order valence-corrected chi connectivity index (χ3v) is 4.46. The number of amides is 1. The van der Waals surface area contributed by atoms with Crippen LogP contribution in [0.1, 0.15) is 0 Å². The molecule has 1 amide bonds. The normalized spacial score (nSPS) is 11.2. The van der Waals surface area contributed by atoms with E-state index in [-0.39, 0.29) is 16.4 Å². The minimum absolute atomic E-state index is 0.00603. The zero-order valence-electron chi connectivity index (χ0n) is 12.5. The molecule has 5 nitrogen and oxygen atoms in total. The quantitative estimate of drug-likeness (QED) is 0.874. The summed E-state index contributed by atoms with van der Waals surface area (Å²) in [6.07, 6.45) is 0.932. The molecule has 0 atom stereocenters. The first-order valence-electron chi connectivity index (χ1n) is 6.65. The number of para-hydroxylation sites is 1. The molecular weight excluding hydrogens is 362 g/mol. The summed E-state index contributed by atoms with van der Waals surface area (Å²) >= 11 is 5.98. The number of halogens is 3. The van der Waals surface area contributed by atoms with Crippen molar-refractivity contribution in [2.45, 2.75) is 0 Å². The highest BCUT2D eigenvalue weighted by Crippen LogP contribution is 2.27. The fourth-order valence-corrected chi connectivity index (χ4v) is 3.10. The van der Waals surface area contributed by atoms with Crippen LogP contribution in [0.2, 0.25) is 5.02 Å². The molecule has 0 fully saturated rings. The van der Waals surface area contributed by atoms with Crippen molar-refractivity contribution in [2.24, 2.45) is 0 Å². The molecule has 0 aliphatic carbocycles. The first-order valence-corrected chi connectivity index (χ1v) is 8.88. The number of nitrogens with zero attached hydrogens (tertiary/aromatic N) is 1. The van der Waals surface area contributed by atoms with Gasteiger partial charge in [-0.3, -0.25) is 9.10 Å². The summed E-state index contributed by atoms with van der Waals surface area (Å²) in [7, 11) is -3.79. The first kappa shape index (κ1) is 18.2. The van der Waals surface area contributed by atoms with Crippen LogP contribution in [0, 0.1) is 11.6 Å². The Morgan fingerprint density at radius 1 is 1.17 bits per heavy atom. The lowest BCUT2D eigenvalue weighted by Gasteiger charge is -2.22. The topological polar surface area (TPSA) is 66.5 Å². The lowest BCUT2D eigenvalue weighted by atomic mass is 10.3. The second-order valence-electron chi connectivity index (χ2n) is 4.90. The predicted octanol–water partition coefficient (Wildman–Crippen LogP) is 3.02. The van der Waals surface area contributed by atoms with Gasteiger partial charge in [0.1, 0.15) is 6.54 Å². The molecule has 2 aromatic carbocycles. The number of benzene rings is 2. The Morgan fingerprint density at radius 2 is 1.83 bits per heavy atom. The van der Waals surface area contributed by atoms with E-state index < -0.39 is 34.1 Å². The number of anilines is 2. The number of hydrogen-bond acceptors (Lipinski definition) is 3. The second-order valence-corrected chi connectivity index (χ2v) is 7.21. The van der Waals surface area contributed by atoms with Crippen molar-refractivity contribution in [1.29, 1.82) is 0 Å². The zero-order valence-corrected chi connectivity index (χ0v) is 14.0. The molecule has 0 heterocycles. The Bertz CT molecular complexity index is 875. The number of rotatable bonds is 5. The molecule has 0 aliphatic heterocycles. The van der Waals surface area contributed by atoms with E-state index in [1.54, 1.807) is 12.1 Å². The van der Waals surface area contributed by atoms with Crippen molar-refractivity contribution in [2.75, 3.05) is 22.4 Å². The van der Waals surface area contributed by atoms with Crippen LogP contribution >= 0.6 is 11.6 Å². The predicted molar refractivity (Wildman–Crippen MR) is 88.6 cm³/mol. The molecule has 0 bridgehead atoms. The maximum absolute atomic E-state index is 13.1. The third kappa shape index (κ3) is 4.42.